The van der Waals surface area contributed by atoms with E-state index in [0.29, 0.717) is 35.7 Å². The number of amides is 2. The molecule has 0 aliphatic heterocycles. The van der Waals surface area contributed by atoms with Gasteiger partial charge in [-0.05, 0) is 64.0 Å². The number of carbonyl (C=O) groups is 2. The molecule has 1 heterocycles. The van der Waals surface area contributed by atoms with Gasteiger partial charge < -0.3 is 24.5 Å². The van der Waals surface area contributed by atoms with Crippen molar-refractivity contribution in [3.63, 3.8) is 0 Å². The molecule has 0 spiro atoms. The van der Waals surface area contributed by atoms with Crippen LogP contribution in [0.5, 0.6) is 5.75 Å². The lowest BCUT2D eigenvalue weighted by Gasteiger charge is -2.09. The normalized spacial score (nSPS) is 10.5. The molecule has 1 aromatic heterocycles. The van der Waals surface area contributed by atoms with Crippen molar-refractivity contribution in [2.24, 2.45) is 0 Å². The third-order valence-corrected chi connectivity index (χ3v) is 4.54. The van der Waals surface area contributed by atoms with Crippen molar-refractivity contribution in [3.8, 4) is 5.75 Å². The molecule has 0 saturated heterocycles. The Balaban J connectivity index is 1.54. The molecule has 156 valence electrons. The molecular formula is C22H21BrN2O5. The molecule has 30 heavy (non-hydrogen) atoms. The van der Waals surface area contributed by atoms with E-state index in [-0.39, 0.29) is 11.7 Å². The number of hydrogen-bond acceptors (Lipinski definition) is 5. The number of rotatable bonds is 9. The highest BCUT2D eigenvalue weighted by Gasteiger charge is 2.12. The van der Waals surface area contributed by atoms with Crippen LogP contribution in [0.15, 0.2) is 69.8 Å². The molecule has 0 atom stereocenters. The highest BCUT2D eigenvalue weighted by atomic mass is 79.9. The second-order valence-electron chi connectivity index (χ2n) is 6.31. The topological polar surface area (TPSA) is 89.8 Å². The van der Waals surface area contributed by atoms with Gasteiger partial charge in [0.2, 0.25) is 0 Å². The minimum Gasteiger partial charge on any atom is -0.491 e. The van der Waals surface area contributed by atoms with Crippen molar-refractivity contribution in [1.29, 1.82) is 0 Å². The predicted octanol–water partition coefficient (Wildman–Crippen LogP) is 4.25. The van der Waals surface area contributed by atoms with Gasteiger partial charge in [0.05, 0.1) is 6.61 Å². The quantitative estimate of drug-likeness (QED) is 0.454. The van der Waals surface area contributed by atoms with Crippen LogP contribution in [0.3, 0.4) is 0 Å². The van der Waals surface area contributed by atoms with E-state index in [2.05, 4.69) is 26.6 Å². The summed E-state index contributed by atoms with van der Waals surface area (Å²) < 4.78 is 16.2. The summed E-state index contributed by atoms with van der Waals surface area (Å²) in [7, 11) is 1.62. The molecule has 0 fully saturated rings. The third kappa shape index (κ3) is 6.20. The van der Waals surface area contributed by atoms with Crippen molar-refractivity contribution in [2.75, 3.05) is 25.6 Å². The number of nitrogens with one attached hydrogen (secondary N) is 2. The number of methoxy groups -OCH3 is 1. The van der Waals surface area contributed by atoms with E-state index in [1.54, 1.807) is 43.5 Å². The minimum absolute atomic E-state index is 0.173. The van der Waals surface area contributed by atoms with Gasteiger partial charge in [0, 0.05) is 24.9 Å². The fourth-order valence-corrected chi connectivity index (χ4v) is 2.90. The summed E-state index contributed by atoms with van der Waals surface area (Å²) in [4.78, 5) is 24.7. The van der Waals surface area contributed by atoms with Crippen LogP contribution in [-0.2, 0) is 11.3 Å². The van der Waals surface area contributed by atoms with E-state index in [0.717, 1.165) is 11.3 Å². The molecule has 0 aliphatic carbocycles. The first kappa shape index (κ1) is 21.6. The van der Waals surface area contributed by atoms with E-state index in [9.17, 15) is 9.59 Å². The second kappa shape index (κ2) is 10.6. The summed E-state index contributed by atoms with van der Waals surface area (Å²) >= 11 is 3.16. The van der Waals surface area contributed by atoms with Crippen LogP contribution in [0.2, 0.25) is 0 Å². The lowest BCUT2D eigenvalue weighted by molar-refractivity contribution is 0.0949. The molecule has 3 rings (SSSR count). The fourth-order valence-electron chi connectivity index (χ4n) is 2.60. The first-order valence-electron chi connectivity index (χ1n) is 9.21. The van der Waals surface area contributed by atoms with Gasteiger partial charge in [-0.15, -0.1) is 0 Å². The number of ether oxygens (including phenoxy) is 2. The maximum atomic E-state index is 12.5. The number of anilines is 1. The Morgan fingerprint density at radius 3 is 2.50 bits per heavy atom. The Labute approximate surface area is 182 Å². The fraction of sp³-hybridized carbons (Fsp3) is 0.182. The van der Waals surface area contributed by atoms with Gasteiger partial charge in [-0.3, -0.25) is 9.59 Å². The van der Waals surface area contributed by atoms with E-state index in [4.69, 9.17) is 13.9 Å². The van der Waals surface area contributed by atoms with Crippen LogP contribution >= 0.6 is 15.9 Å². The Morgan fingerprint density at radius 2 is 1.80 bits per heavy atom. The van der Waals surface area contributed by atoms with Crippen molar-refractivity contribution < 1.29 is 23.5 Å². The van der Waals surface area contributed by atoms with Gasteiger partial charge >= 0.3 is 0 Å². The summed E-state index contributed by atoms with van der Waals surface area (Å²) in [5.74, 6) is 0.277. The smallest absolute Gasteiger partial charge is 0.291 e. The highest BCUT2D eigenvalue weighted by Crippen LogP contribution is 2.17. The van der Waals surface area contributed by atoms with Crippen LogP contribution in [0.1, 0.15) is 26.5 Å². The molecule has 2 amide bonds. The Hall–Kier alpha value is -3.10. The van der Waals surface area contributed by atoms with Crippen molar-refractivity contribution >= 4 is 33.4 Å². The number of benzene rings is 2. The summed E-state index contributed by atoms with van der Waals surface area (Å²) in [6, 6.07) is 17.4. The van der Waals surface area contributed by atoms with E-state index >= 15 is 0 Å². The molecule has 7 nitrogen and oxygen atoms in total. The average molecular weight is 473 g/mol. The van der Waals surface area contributed by atoms with Gasteiger partial charge in [0.15, 0.2) is 10.4 Å². The SMILES string of the molecule is COCCOc1ccc(CNC(=O)c2cccc(NC(=O)c3ccc(Br)o3)c2)cc1. The molecule has 3 aromatic rings. The largest absolute Gasteiger partial charge is 0.491 e. The molecular weight excluding hydrogens is 452 g/mol. The van der Waals surface area contributed by atoms with Crippen LogP contribution in [-0.4, -0.2) is 32.1 Å². The molecule has 2 N–H and O–H groups in total. The van der Waals surface area contributed by atoms with E-state index in [1.165, 1.54) is 0 Å². The Bertz CT molecular complexity index is 1000. The molecule has 2 aromatic carbocycles. The average Bonchev–Trinajstić information content (AvgIpc) is 3.20. The van der Waals surface area contributed by atoms with Crippen LogP contribution in [0.4, 0.5) is 5.69 Å². The van der Waals surface area contributed by atoms with Crippen LogP contribution < -0.4 is 15.4 Å². The van der Waals surface area contributed by atoms with Gasteiger partial charge in [0.25, 0.3) is 11.8 Å². The zero-order chi connectivity index (χ0) is 21.3. The van der Waals surface area contributed by atoms with Gasteiger partial charge in [0.1, 0.15) is 12.4 Å². The molecule has 0 aliphatic rings. The van der Waals surface area contributed by atoms with Gasteiger partial charge in [-0.1, -0.05) is 18.2 Å². The zero-order valence-electron chi connectivity index (χ0n) is 16.3. The first-order valence-corrected chi connectivity index (χ1v) is 10.00. The molecule has 0 saturated carbocycles. The second-order valence-corrected chi connectivity index (χ2v) is 7.09. The summed E-state index contributed by atoms with van der Waals surface area (Å²) in [6.07, 6.45) is 0. The Kier molecular flexibility index (Phi) is 7.64. The molecule has 0 bridgehead atoms. The lowest BCUT2D eigenvalue weighted by Crippen LogP contribution is -2.23. The number of furan rings is 1. The zero-order valence-corrected chi connectivity index (χ0v) is 17.9. The lowest BCUT2D eigenvalue weighted by atomic mass is 10.1. The van der Waals surface area contributed by atoms with Crippen molar-refractivity contribution in [1.82, 2.24) is 5.32 Å². The first-order chi connectivity index (χ1) is 14.5. The maximum Gasteiger partial charge on any atom is 0.291 e. The van der Waals surface area contributed by atoms with Crippen molar-refractivity contribution in [2.45, 2.75) is 6.54 Å². The monoisotopic (exact) mass is 472 g/mol. The molecule has 8 heteroatoms. The summed E-state index contributed by atoms with van der Waals surface area (Å²) in [5.41, 5.74) is 1.88. The number of carbonyl (C=O) groups excluding carboxylic acids is 2. The summed E-state index contributed by atoms with van der Waals surface area (Å²) in [6.45, 7) is 1.38. The standard InChI is InChI=1S/C22H21BrN2O5/c1-28-11-12-29-18-7-5-15(6-8-18)14-24-21(26)16-3-2-4-17(13-16)25-22(27)19-9-10-20(23)30-19/h2-10,13H,11-12,14H2,1H3,(H,24,26)(H,25,27). The third-order valence-electron chi connectivity index (χ3n) is 4.11. The molecule has 0 unspecified atom stereocenters. The van der Waals surface area contributed by atoms with E-state index in [1.807, 2.05) is 24.3 Å². The predicted molar refractivity (Wildman–Crippen MR) is 116 cm³/mol. The van der Waals surface area contributed by atoms with Crippen LogP contribution in [0, 0.1) is 0 Å². The maximum absolute atomic E-state index is 12.5. The number of hydrogen-bond donors (Lipinski definition) is 2. The van der Waals surface area contributed by atoms with Crippen molar-refractivity contribution in [3.05, 3.63) is 82.2 Å². The summed E-state index contributed by atoms with van der Waals surface area (Å²) in [5, 5.41) is 5.58. The van der Waals surface area contributed by atoms with Crippen LogP contribution in [0.25, 0.3) is 0 Å². The minimum atomic E-state index is -0.397. The van der Waals surface area contributed by atoms with E-state index < -0.39 is 5.91 Å². The van der Waals surface area contributed by atoms with Gasteiger partial charge in [-0.2, -0.15) is 0 Å². The van der Waals surface area contributed by atoms with Gasteiger partial charge in [-0.25, -0.2) is 0 Å². The molecule has 0 radical (unpaired) electrons. The highest BCUT2D eigenvalue weighted by molar-refractivity contribution is 9.10. The Morgan fingerprint density at radius 1 is 1.00 bits per heavy atom. The number of halogens is 1.